The maximum absolute atomic E-state index is 13.3. The highest BCUT2D eigenvalue weighted by atomic mass is 19.1. The van der Waals surface area contributed by atoms with Gasteiger partial charge in [-0.25, -0.2) is 4.39 Å². The molecule has 0 aliphatic carbocycles. The van der Waals surface area contributed by atoms with E-state index in [2.05, 4.69) is 5.43 Å². The van der Waals surface area contributed by atoms with Crippen molar-refractivity contribution in [1.29, 1.82) is 0 Å². The lowest BCUT2D eigenvalue weighted by Gasteiger charge is -2.22. The number of nitrogens with two attached hydrogens (primary N) is 1. The Morgan fingerprint density at radius 1 is 1.59 bits per heavy atom. The molecule has 17 heavy (non-hydrogen) atoms. The van der Waals surface area contributed by atoms with Gasteiger partial charge in [0.15, 0.2) is 11.6 Å². The van der Waals surface area contributed by atoms with Crippen LogP contribution in [0.25, 0.3) is 0 Å². The second-order valence-electron chi connectivity index (χ2n) is 4.16. The first-order chi connectivity index (χ1) is 8.26. The number of halogens is 1. The molecule has 1 heterocycles. The Kier molecular flexibility index (Phi) is 3.93. The Bertz CT molecular complexity index is 381. The molecule has 0 bridgehead atoms. The maximum Gasteiger partial charge on any atom is 0.165 e. The average molecular weight is 240 g/mol. The number of nitrogens with one attached hydrogen (secondary N) is 1. The van der Waals surface area contributed by atoms with Gasteiger partial charge in [0.25, 0.3) is 0 Å². The van der Waals surface area contributed by atoms with E-state index in [9.17, 15) is 4.39 Å². The van der Waals surface area contributed by atoms with Gasteiger partial charge in [-0.1, -0.05) is 6.07 Å². The van der Waals surface area contributed by atoms with Crippen molar-refractivity contribution in [3.05, 3.63) is 29.6 Å². The van der Waals surface area contributed by atoms with Crippen LogP contribution in [0.2, 0.25) is 0 Å². The van der Waals surface area contributed by atoms with Gasteiger partial charge in [-0.3, -0.25) is 11.3 Å². The van der Waals surface area contributed by atoms with Crippen molar-refractivity contribution in [3.8, 4) is 5.75 Å². The first-order valence-corrected chi connectivity index (χ1v) is 5.63. The first kappa shape index (κ1) is 12.3. The van der Waals surface area contributed by atoms with E-state index >= 15 is 0 Å². The topological polar surface area (TPSA) is 56.5 Å². The van der Waals surface area contributed by atoms with Crippen LogP contribution in [0.5, 0.6) is 5.75 Å². The van der Waals surface area contributed by atoms with Gasteiger partial charge in [-0.15, -0.1) is 0 Å². The number of ether oxygens (including phenoxy) is 2. The lowest BCUT2D eigenvalue weighted by Crippen LogP contribution is -2.33. The van der Waals surface area contributed by atoms with Crippen LogP contribution in [-0.2, 0) is 4.74 Å². The van der Waals surface area contributed by atoms with E-state index in [4.69, 9.17) is 15.3 Å². The van der Waals surface area contributed by atoms with Crippen LogP contribution in [0, 0.1) is 11.7 Å². The maximum atomic E-state index is 13.3. The van der Waals surface area contributed by atoms with E-state index in [-0.39, 0.29) is 17.6 Å². The molecule has 0 saturated carbocycles. The summed E-state index contributed by atoms with van der Waals surface area (Å²) in [6.45, 7) is 1.43. The second-order valence-corrected chi connectivity index (χ2v) is 4.16. The van der Waals surface area contributed by atoms with Gasteiger partial charge < -0.3 is 9.47 Å². The molecule has 0 aromatic heterocycles. The fourth-order valence-electron chi connectivity index (χ4n) is 2.19. The van der Waals surface area contributed by atoms with E-state index in [1.165, 1.54) is 13.2 Å². The molecule has 2 unspecified atom stereocenters. The highest BCUT2D eigenvalue weighted by Gasteiger charge is 2.26. The molecule has 2 atom stereocenters. The van der Waals surface area contributed by atoms with Crippen molar-refractivity contribution in [2.24, 2.45) is 11.8 Å². The van der Waals surface area contributed by atoms with Gasteiger partial charge in [0, 0.05) is 12.5 Å². The van der Waals surface area contributed by atoms with E-state index < -0.39 is 0 Å². The van der Waals surface area contributed by atoms with Crippen LogP contribution in [0.1, 0.15) is 18.0 Å². The lowest BCUT2D eigenvalue weighted by molar-refractivity contribution is 0.176. The molecule has 0 amide bonds. The van der Waals surface area contributed by atoms with Crippen LogP contribution >= 0.6 is 0 Å². The van der Waals surface area contributed by atoms with Gasteiger partial charge >= 0.3 is 0 Å². The van der Waals surface area contributed by atoms with E-state index in [1.807, 2.05) is 0 Å². The highest BCUT2D eigenvalue weighted by Crippen LogP contribution is 2.30. The Hall–Kier alpha value is -1.17. The summed E-state index contributed by atoms with van der Waals surface area (Å²) in [5.74, 6) is 5.76. The molecule has 2 rings (SSSR count). The summed E-state index contributed by atoms with van der Waals surface area (Å²) in [6.07, 6.45) is 0.953. The number of hydrogen-bond acceptors (Lipinski definition) is 4. The third kappa shape index (κ3) is 2.57. The standard InChI is InChI=1S/C12H17FN2O2/c1-16-11-6-8(2-3-10(11)13)12(15-14)9-4-5-17-7-9/h2-3,6,9,12,15H,4-5,7,14H2,1H3. The van der Waals surface area contributed by atoms with E-state index in [0.717, 1.165) is 18.6 Å². The number of hydrazine groups is 1. The van der Waals surface area contributed by atoms with E-state index in [1.54, 1.807) is 12.1 Å². The van der Waals surface area contributed by atoms with Crippen LogP contribution in [0.3, 0.4) is 0 Å². The number of methoxy groups -OCH3 is 1. The molecule has 1 aromatic rings. The van der Waals surface area contributed by atoms with Crippen LogP contribution in [0.4, 0.5) is 4.39 Å². The summed E-state index contributed by atoms with van der Waals surface area (Å²) in [4.78, 5) is 0. The van der Waals surface area contributed by atoms with Gasteiger partial charge in [0.2, 0.25) is 0 Å². The summed E-state index contributed by atoms with van der Waals surface area (Å²) < 4.78 is 23.6. The first-order valence-electron chi connectivity index (χ1n) is 5.63. The predicted molar refractivity (Wildman–Crippen MR) is 61.9 cm³/mol. The lowest BCUT2D eigenvalue weighted by atomic mass is 9.93. The molecule has 0 radical (unpaired) electrons. The molecule has 1 fully saturated rings. The SMILES string of the molecule is COc1cc(C(NN)C2CCOC2)ccc1F. The van der Waals surface area contributed by atoms with Crippen LogP contribution < -0.4 is 16.0 Å². The summed E-state index contributed by atoms with van der Waals surface area (Å²) in [5, 5.41) is 0. The zero-order valence-electron chi connectivity index (χ0n) is 9.78. The summed E-state index contributed by atoms with van der Waals surface area (Å²) in [7, 11) is 1.45. The molecular formula is C12H17FN2O2. The van der Waals surface area contributed by atoms with Gasteiger partial charge in [0.1, 0.15) is 0 Å². The average Bonchev–Trinajstić information content (AvgIpc) is 2.86. The summed E-state index contributed by atoms with van der Waals surface area (Å²) in [6, 6.07) is 4.76. The molecule has 1 aliphatic heterocycles. The van der Waals surface area contributed by atoms with Crippen molar-refractivity contribution in [2.45, 2.75) is 12.5 Å². The second kappa shape index (κ2) is 5.44. The van der Waals surface area contributed by atoms with Gasteiger partial charge in [-0.2, -0.15) is 0 Å². The third-order valence-electron chi connectivity index (χ3n) is 3.15. The van der Waals surface area contributed by atoms with Gasteiger partial charge in [0.05, 0.1) is 19.8 Å². The molecule has 3 N–H and O–H groups in total. The van der Waals surface area contributed by atoms with Crippen LogP contribution in [-0.4, -0.2) is 20.3 Å². The highest BCUT2D eigenvalue weighted by molar-refractivity contribution is 5.32. The molecule has 4 nitrogen and oxygen atoms in total. The number of benzene rings is 1. The molecule has 0 spiro atoms. The molecular weight excluding hydrogens is 223 g/mol. The zero-order chi connectivity index (χ0) is 12.3. The molecule has 1 aliphatic rings. The number of hydrogen-bond donors (Lipinski definition) is 2. The molecule has 1 saturated heterocycles. The van der Waals surface area contributed by atoms with E-state index in [0.29, 0.717) is 12.5 Å². The Morgan fingerprint density at radius 3 is 3.00 bits per heavy atom. The Balaban J connectivity index is 2.23. The minimum Gasteiger partial charge on any atom is -0.494 e. The summed E-state index contributed by atoms with van der Waals surface area (Å²) >= 11 is 0. The molecule has 5 heteroatoms. The number of rotatable bonds is 4. The largest absolute Gasteiger partial charge is 0.494 e. The smallest absolute Gasteiger partial charge is 0.165 e. The Labute approximate surface area is 99.9 Å². The minimum absolute atomic E-state index is 0.0352. The fourth-order valence-corrected chi connectivity index (χ4v) is 2.19. The van der Waals surface area contributed by atoms with Crippen molar-refractivity contribution in [3.63, 3.8) is 0 Å². The monoisotopic (exact) mass is 240 g/mol. The normalized spacial score (nSPS) is 21.5. The van der Waals surface area contributed by atoms with Crippen molar-refractivity contribution >= 4 is 0 Å². The minimum atomic E-state index is -0.366. The zero-order valence-corrected chi connectivity index (χ0v) is 9.78. The molecule has 94 valence electrons. The van der Waals surface area contributed by atoms with Crippen molar-refractivity contribution < 1.29 is 13.9 Å². The van der Waals surface area contributed by atoms with Crippen molar-refractivity contribution in [2.75, 3.05) is 20.3 Å². The third-order valence-corrected chi connectivity index (χ3v) is 3.15. The van der Waals surface area contributed by atoms with Crippen molar-refractivity contribution in [1.82, 2.24) is 5.43 Å². The van der Waals surface area contributed by atoms with Gasteiger partial charge in [-0.05, 0) is 24.1 Å². The predicted octanol–water partition coefficient (Wildman–Crippen LogP) is 1.38. The fraction of sp³-hybridized carbons (Fsp3) is 0.500. The van der Waals surface area contributed by atoms with Crippen LogP contribution in [0.15, 0.2) is 18.2 Å². The summed E-state index contributed by atoms with van der Waals surface area (Å²) in [5.41, 5.74) is 3.69. The molecule has 1 aromatic carbocycles. The Morgan fingerprint density at radius 2 is 2.41 bits per heavy atom. The quantitative estimate of drug-likeness (QED) is 0.616.